The van der Waals surface area contributed by atoms with Crippen LogP contribution in [0.4, 0.5) is 0 Å². The highest BCUT2D eigenvalue weighted by atomic mass is 16.6. The number of hydrogen-bond donors (Lipinski definition) is 0. The van der Waals surface area contributed by atoms with E-state index >= 15 is 0 Å². The third kappa shape index (κ3) is 7.79. The van der Waals surface area contributed by atoms with Crippen LogP contribution in [-0.2, 0) is 14.2 Å². The highest BCUT2D eigenvalue weighted by Crippen LogP contribution is 2.09. The highest BCUT2D eigenvalue weighted by Gasteiger charge is 2.12. The maximum absolute atomic E-state index is 12.0. The van der Waals surface area contributed by atoms with Gasteiger partial charge in [0.05, 0.1) is 24.3 Å². The van der Waals surface area contributed by atoms with Gasteiger partial charge in [0.1, 0.15) is 6.61 Å². The third-order valence-electron chi connectivity index (χ3n) is 3.34. The zero-order valence-electron chi connectivity index (χ0n) is 14.0. The second-order valence-electron chi connectivity index (χ2n) is 5.26. The lowest BCUT2D eigenvalue weighted by Crippen LogP contribution is -2.12. The van der Waals surface area contributed by atoms with Crippen LogP contribution in [0.3, 0.4) is 0 Å². The molecule has 0 heterocycles. The molecule has 0 atom stereocenters. The first-order chi connectivity index (χ1) is 11.2. The first-order valence-electron chi connectivity index (χ1n) is 8.12. The molecule has 5 nitrogen and oxygen atoms in total. The number of carbonyl (C=O) groups excluding carboxylic acids is 2. The van der Waals surface area contributed by atoms with E-state index in [9.17, 15) is 9.59 Å². The summed E-state index contributed by atoms with van der Waals surface area (Å²) in [6.45, 7) is 3.09. The summed E-state index contributed by atoms with van der Waals surface area (Å²) >= 11 is 0. The molecule has 0 aromatic heterocycles. The molecular formula is C18H26O5. The van der Waals surface area contributed by atoms with Gasteiger partial charge in [-0.1, -0.05) is 38.7 Å². The van der Waals surface area contributed by atoms with Gasteiger partial charge in [-0.2, -0.15) is 0 Å². The molecular weight excluding hydrogens is 296 g/mol. The Morgan fingerprint density at radius 1 is 0.870 bits per heavy atom. The predicted octanol–water partition coefficient (Wildman–Crippen LogP) is 3.62. The van der Waals surface area contributed by atoms with Crippen LogP contribution in [0.15, 0.2) is 24.3 Å². The van der Waals surface area contributed by atoms with Crippen LogP contribution in [0.25, 0.3) is 0 Å². The number of unbranched alkanes of at least 4 members (excludes halogenated alkanes) is 4. The van der Waals surface area contributed by atoms with Gasteiger partial charge in [0, 0.05) is 7.11 Å². The van der Waals surface area contributed by atoms with Gasteiger partial charge in [-0.15, -0.1) is 0 Å². The fourth-order valence-corrected chi connectivity index (χ4v) is 2.03. The lowest BCUT2D eigenvalue weighted by Gasteiger charge is -2.07. The van der Waals surface area contributed by atoms with E-state index in [4.69, 9.17) is 14.2 Å². The molecule has 0 saturated heterocycles. The molecule has 128 valence electrons. The van der Waals surface area contributed by atoms with Crippen molar-refractivity contribution in [3.8, 4) is 0 Å². The summed E-state index contributed by atoms with van der Waals surface area (Å²) in [6.07, 6.45) is 5.49. The van der Waals surface area contributed by atoms with Crippen molar-refractivity contribution >= 4 is 11.9 Å². The third-order valence-corrected chi connectivity index (χ3v) is 3.34. The van der Waals surface area contributed by atoms with Gasteiger partial charge < -0.3 is 14.2 Å². The average Bonchev–Trinajstić information content (AvgIpc) is 2.58. The second kappa shape index (κ2) is 11.7. The molecule has 23 heavy (non-hydrogen) atoms. The lowest BCUT2D eigenvalue weighted by molar-refractivity contribution is 0.0388. The molecule has 0 radical (unpaired) electrons. The van der Waals surface area contributed by atoms with Crippen molar-refractivity contribution < 1.29 is 23.8 Å². The van der Waals surface area contributed by atoms with Gasteiger partial charge in [0.2, 0.25) is 0 Å². The maximum Gasteiger partial charge on any atom is 0.338 e. The van der Waals surface area contributed by atoms with E-state index in [-0.39, 0.29) is 6.61 Å². The second-order valence-corrected chi connectivity index (χ2v) is 5.26. The van der Waals surface area contributed by atoms with E-state index in [2.05, 4.69) is 6.92 Å². The molecule has 0 aliphatic rings. The number of esters is 2. The summed E-state index contributed by atoms with van der Waals surface area (Å²) in [4.78, 5) is 23.8. The van der Waals surface area contributed by atoms with Crippen LogP contribution in [0.2, 0.25) is 0 Å². The molecule has 1 aromatic carbocycles. The lowest BCUT2D eigenvalue weighted by atomic mass is 10.1. The number of rotatable bonds is 11. The number of hydrogen-bond acceptors (Lipinski definition) is 5. The van der Waals surface area contributed by atoms with Gasteiger partial charge in [-0.3, -0.25) is 0 Å². The smallest absolute Gasteiger partial charge is 0.338 e. The molecule has 0 spiro atoms. The Labute approximate surface area is 137 Å². The molecule has 1 aromatic rings. The molecule has 0 aliphatic heterocycles. The molecule has 0 unspecified atom stereocenters. The molecule has 0 aliphatic carbocycles. The standard InChI is InChI=1S/C18H26O5/c1-3-4-5-6-7-11-22-17(19)15-9-8-10-16(14-15)18(20)23-13-12-21-2/h8-10,14H,3-7,11-13H2,1-2H3. The van der Waals surface area contributed by atoms with E-state index in [0.717, 1.165) is 19.3 Å². The van der Waals surface area contributed by atoms with Crippen LogP contribution >= 0.6 is 0 Å². The molecule has 1 rings (SSSR count). The Hall–Kier alpha value is -1.88. The van der Waals surface area contributed by atoms with E-state index in [1.54, 1.807) is 18.2 Å². The summed E-state index contributed by atoms with van der Waals surface area (Å²) < 4.78 is 15.1. The average molecular weight is 322 g/mol. The zero-order valence-corrected chi connectivity index (χ0v) is 14.0. The number of ether oxygens (including phenoxy) is 3. The Balaban J connectivity index is 2.42. The minimum absolute atomic E-state index is 0.182. The van der Waals surface area contributed by atoms with Gasteiger partial charge in [-0.25, -0.2) is 9.59 Å². The van der Waals surface area contributed by atoms with Gasteiger partial charge in [0.25, 0.3) is 0 Å². The Bertz CT molecular complexity index is 484. The van der Waals surface area contributed by atoms with Crippen molar-refractivity contribution in [2.75, 3.05) is 26.9 Å². The van der Waals surface area contributed by atoms with Gasteiger partial charge >= 0.3 is 11.9 Å². The van der Waals surface area contributed by atoms with Crippen molar-refractivity contribution in [3.63, 3.8) is 0 Å². The van der Waals surface area contributed by atoms with E-state index in [0.29, 0.717) is 24.3 Å². The minimum Gasteiger partial charge on any atom is -0.462 e. The summed E-state index contributed by atoms with van der Waals surface area (Å²) in [6, 6.07) is 6.38. The van der Waals surface area contributed by atoms with Crippen LogP contribution in [0.5, 0.6) is 0 Å². The summed E-state index contributed by atoms with van der Waals surface area (Å²) in [5.74, 6) is -0.886. The minimum atomic E-state index is -0.476. The predicted molar refractivity (Wildman–Crippen MR) is 87.6 cm³/mol. The van der Waals surface area contributed by atoms with Crippen LogP contribution in [0.1, 0.15) is 59.7 Å². The fraction of sp³-hybridized carbons (Fsp3) is 0.556. The van der Waals surface area contributed by atoms with Crippen molar-refractivity contribution in [1.29, 1.82) is 0 Å². The van der Waals surface area contributed by atoms with E-state index < -0.39 is 11.9 Å². The van der Waals surface area contributed by atoms with Crippen LogP contribution < -0.4 is 0 Å². The van der Waals surface area contributed by atoms with Crippen molar-refractivity contribution in [3.05, 3.63) is 35.4 Å². The number of carbonyl (C=O) groups is 2. The normalized spacial score (nSPS) is 10.3. The van der Waals surface area contributed by atoms with Crippen LogP contribution in [-0.4, -0.2) is 38.9 Å². The van der Waals surface area contributed by atoms with Gasteiger partial charge in [0.15, 0.2) is 0 Å². The Morgan fingerprint density at radius 3 is 2.09 bits per heavy atom. The molecule has 0 amide bonds. The Kier molecular flexibility index (Phi) is 9.71. The zero-order chi connectivity index (χ0) is 16.9. The Morgan fingerprint density at radius 2 is 1.48 bits per heavy atom. The quantitative estimate of drug-likeness (QED) is 0.460. The first kappa shape index (κ1) is 19.2. The summed E-state index contributed by atoms with van der Waals surface area (Å²) in [5.41, 5.74) is 0.693. The fourth-order valence-electron chi connectivity index (χ4n) is 2.03. The SMILES string of the molecule is CCCCCCCOC(=O)c1cccc(C(=O)OCCOC)c1. The molecule has 0 saturated carbocycles. The molecule has 0 fully saturated rings. The van der Waals surface area contributed by atoms with Crippen molar-refractivity contribution in [2.45, 2.75) is 39.0 Å². The molecule has 0 bridgehead atoms. The molecule has 5 heteroatoms. The first-order valence-corrected chi connectivity index (χ1v) is 8.12. The van der Waals surface area contributed by atoms with Crippen molar-refractivity contribution in [1.82, 2.24) is 0 Å². The largest absolute Gasteiger partial charge is 0.462 e. The van der Waals surface area contributed by atoms with Crippen molar-refractivity contribution in [2.24, 2.45) is 0 Å². The topological polar surface area (TPSA) is 61.8 Å². The summed E-state index contributed by atoms with van der Waals surface area (Å²) in [7, 11) is 1.53. The van der Waals surface area contributed by atoms with Crippen LogP contribution in [0, 0.1) is 0 Å². The van der Waals surface area contributed by atoms with E-state index in [1.165, 1.54) is 26.0 Å². The van der Waals surface area contributed by atoms with Gasteiger partial charge in [-0.05, 0) is 24.6 Å². The highest BCUT2D eigenvalue weighted by molar-refractivity contribution is 5.95. The monoisotopic (exact) mass is 322 g/mol. The number of methoxy groups -OCH3 is 1. The number of benzene rings is 1. The summed E-state index contributed by atoms with van der Waals surface area (Å²) in [5, 5.41) is 0. The van der Waals surface area contributed by atoms with E-state index in [1.807, 2.05) is 0 Å². The maximum atomic E-state index is 12.0. The molecule has 0 N–H and O–H groups in total.